The molecule has 0 heterocycles. The maximum absolute atomic E-state index is 11.9. The number of hydrogen-bond acceptors (Lipinski definition) is 3. The number of carbonyl (C=O) groups is 2. The molecule has 0 aliphatic carbocycles. The van der Waals surface area contributed by atoms with Gasteiger partial charge in [-0.15, -0.1) is 0 Å². The van der Waals surface area contributed by atoms with E-state index in [1.165, 1.54) is 12.1 Å². The number of nitrogens with one attached hydrogen (secondary N) is 1. The molecule has 0 radical (unpaired) electrons. The number of nitrogens with two attached hydrogens (primary N) is 1. The zero-order valence-electron chi connectivity index (χ0n) is 10.7. The van der Waals surface area contributed by atoms with Crippen molar-refractivity contribution in [1.29, 1.82) is 0 Å². The Morgan fingerprint density at radius 3 is 2.45 bits per heavy atom. The van der Waals surface area contributed by atoms with Crippen LogP contribution in [0.3, 0.4) is 0 Å². The molecule has 5 heteroatoms. The fourth-order valence-corrected chi connectivity index (χ4v) is 1.76. The molecule has 20 heavy (non-hydrogen) atoms. The minimum Gasteiger partial charge on any atom is -0.478 e. The smallest absolute Gasteiger partial charge is 0.335 e. The minimum atomic E-state index is -1.03. The zero-order valence-corrected chi connectivity index (χ0v) is 10.7. The summed E-state index contributed by atoms with van der Waals surface area (Å²) in [4.78, 5) is 22.7. The zero-order chi connectivity index (χ0) is 14.5. The average molecular weight is 270 g/mol. The second-order valence-electron chi connectivity index (χ2n) is 4.35. The second kappa shape index (κ2) is 5.88. The van der Waals surface area contributed by atoms with Gasteiger partial charge in [0.1, 0.15) is 0 Å². The molecule has 0 unspecified atom stereocenters. The number of carboxylic acids is 1. The number of aromatic carboxylic acids is 1. The summed E-state index contributed by atoms with van der Waals surface area (Å²) in [5.41, 5.74) is 7.65. The number of anilines is 2. The predicted octanol–water partition coefficient (Wildman–Crippen LogP) is 2.15. The minimum absolute atomic E-state index is 0.135. The summed E-state index contributed by atoms with van der Waals surface area (Å²) in [6, 6.07) is 13.1. The molecule has 1 amide bonds. The van der Waals surface area contributed by atoms with Crippen molar-refractivity contribution in [3.05, 3.63) is 59.7 Å². The van der Waals surface area contributed by atoms with Crippen molar-refractivity contribution in [1.82, 2.24) is 0 Å². The van der Waals surface area contributed by atoms with Gasteiger partial charge in [0.25, 0.3) is 0 Å². The van der Waals surface area contributed by atoms with Crippen LogP contribution in [-0.4, -0.2) is 17.0 Å². The molecule has 0 spiro atoms. The molecule has 0 saturated carbocycles. The highest BCUT2D eigenvalue weighted by atomic mass is 16.4. The Kier molecular flexibility index (Phi) is 4.00. The summed E-state index contributed by atoms with van der Waals surface area (Å²) in [5.74, 6) is -1.24. The van der Waals surface area contributed by atoms with Crippen LogP contribution >= 0.6 is 0 Å². The van der Waals surface area contributed by atoms with Crippen LogP contribution in [0.1, 0.15) is 15.9 Å². The van der Waals surface area contributed by atoms with Crippen LogP contribution in [0, 0.1) is 0 Å². The van der Waals surface area contributed by atoms with Crippen molar-refractivity contribution in [2.75, 3.05) is 11.1 Å². The molecule has 2 aromatic carbocycles. The highest BCUT2D eigenvalue weighted by Gasteiger charge is 2.07. The number of carbonyl (C=O) groups excluding carboxylic acids is 1. The van der Waals surface area contributed by atoms with Crippen molar-refractivity contribution in [3.8, 4) is 0 Å². The van der Waals surface area contributed by atoms with Gasteiger partial charge in [-0.25, -0.2) is 4.79 Å². The fraction of sp³-hybridized carbons (Fsp3) is 0.0667. The van der Waals surface area contributed by atoms with E-state index in [4.69, 9.17) is 10.8 Å². The third kappa shape index (κ3) is 3.58. The van der Waals surface area contributed by atoms with E-state index in [-0.39, 0.29) is 17.9 Å². The number of nitrogen functional groups attached to an aromatic ring is 1. The van der Waals surface area contributed by atoms with Crippen LogP contribution < -0.4 is 11.1 Å². The summed E-state index contributed by atoms with van der Waals surface area (Å²) in [6.45, 7) is 0. The molecular formula is C15H14N2O3. The normalized spacial score (nSPS) is 10.0. The van der Waals surface area contributed by atoms with E-state index in [1.807, 2.05) is 0 Å². The average Bonchev–Trinajstić information content (AvgIpc) is 2.41. The topological polar surface area (TPSA) is 92.4 Å². The van der Waals surface area contributed by atoms with E-state index in [9.17, 15) is 9.59 Å². The van der Waals surface area contributed by atoms with Gasteiger partial charge in [-0.1, -0.05) is 18.2 Å². The fourth-order valence-electron chi connectivity index (χ4n) is 1.76. The standard InChI is InChI=1S/C15H14N2O3/c16-12-6-4-10(5-7-12)8-14(18)17-13-3-1-2-11(9-13)15(19)20/h1-7,9H,8,16H2,(H,17,18)(H,19,20). The molecule has 0 aliphatic rings. The molecular weight excluding hydrogens is 256 g/mol. The van der Waals surface area contributed by atoms with Crippen molar-refractivity contribution < 1.29 is 14.7 Å². The lowest BCUT2D eigenvalue weighted by molar-refractivity contribution is -0.115. The van der Waals surface area contributed by atoms with Gasteiger partial charge >= 0.3 is 5.97 Å². The Morgan fingerprint density at radius 1 is 1.10 bits per heavy atom. The third-order valence-corrected chi connectivity index (χ3v) is 2.74. The first kappa shape index (κ1) is 13.6. The Bertz CT molecular complexity index is 636. The summed E-state index contributed by atoms with van der Waals surface area (Å²) in [7, 11) is 0. The van der Waals surface area contributed by atoms with Crippen LogP contribution in [0.4, 0.5) is 11.4 Å². The Labute approximate surface area is 116 Å². The van der Waals surface area contributed by atoms with Crippen LogP contribution in [-0.2, 0) is 11.2 Å². The molecule has 0 bridgehead atoms. The monoisotopic (exact) mass is 270 g/mol. The van der Waals surface area contributed by atoms with Crippen molar-refractivity contribution in [2.24, 2.45) is 0 Å². The maximum atomic E-state index is 11.9. The van der Waals surface area contributed by atoms with Crippen LogP contribution in [0.15, 0.2) is 48.5 Å². The largest absolute Gasteiger partial charge is 0.478 e. The summed E-state index contributed by atoms with van der Waals surface area (Å²) in [5, 5.41) is 11.5. The highest BCUT2D eigenvalue weighted by Crippen LogP contribution is 2.12. The number of benzene rings is 2. The van der Waals surface area contributed by atoms with Gasteiger partial charge in [-0.3, -0.25) is 4.79 Å². The van der Waals surface area contributed by atoms with Gasteiger partial charge < -0.3 is 16.2 Å². The summed E-state index contributed by atoms with van der Waals surface area (Å²) < 4.78 is 0. The molecule has 0 fully saturated rings. The van der Waals surface area contributed by atoms with E-state index >= 15 is 0 Å². The van der Waals surface area contributed by atoms with E-state index in [2.05, 4.69) is 5.32 Å². The first-order valence-corrected chi connectivity index (χ1v) is 6.02. The molecule has 102 valence electrons. The van der Waals surface area contributed by atoms with Crippen molar-refractivity contribution >= 4 is 23.3 Å². The Hall–Kier alpha value is -2.82. The molecule has 0 aromatic heterocycles. The molecule has 0 aliphatic heterocycles. The quantitative estimate of drug-likeness (QED) is 0.742. The van der Waals surface area contributed by atoms with Gasteiger partial charge in [-0.2, -0.15) is 0 Å². The van der Waals surface area contributed by atoms with Gasteiger partial charge in [0.05, 0.1) is 12.0 Å². The lowest BCUT2D eigenvalue weighted by Crippen LogP contribution is -2.14. The third-order valence-electron chi connectivity index (χ3n) is 2.74. The lowest BCUT2D eigenvalue weighted by atomic mass is 10.1. The molecule has 0 saturated heterocycles. The highest BCUT2D eigenvalue weighted by molar-refractivity contribution is 5.94. The van der Waals surface area contributed by atoms with Gasteiger partial charge in [-0.05, 0) is 35.9 Å². The van der Waals surface area contributed by atoms with Gasteiger partial charge in [0.2, 0.25) is 5.91 Å². The van der Waals surface area contributed by atoms with Gasteiger partial charge in [0, 0.05) is 11.4 Å². The Morgan fingerprint density at radius 2 is 1.80 bits per heavy atom. The molecule has 2 rings (SSSR count). The Balaban J connectivity index is 2.02. The lowest BCUT2D eigenvalue weighted by Gasteiger charge is -2.06. The summed E-state index contributed by atoms with van der Waals surface area (Å²) >= 11 is 0. The van der Waals surface area contributed by atoms with Crippen LogP contribution in [0.5, 0.6) is 0 Å². The van der Waals surface area contributed by atoms with E-state index < -0.39 is 5.97 Å². The van der Waals surface area contributed by atoms with E-state index in [0.717, 1.165) is 5.56 Å². The first-order valence-electron chi connectivity index (χ1n) is 6.02. The van der Waals surface area contributed by atoms with E-state index in [0.29, 0.717) is 11.4 Å². The first-order chi connectivity index (χ1) is 9.54. The molecule has 2 aromatic rings. The number of hydrogen-bond donors (Lipinski definition) is 3. The predicted molar refractivity (Wildman–Crippen MR) is 76.6 cm³/mol. The molecule has 5 nitrogen and oxygen atoms in total. The number of rotatable bonds is 4. The van der Waals surface area contributed by atoms with Crippen molar-refractivity contribution in [2.45, 2.75) is 6.42 Å². The maximum Gasteiger partial charge on any atom is 0.335 e. The van der Waals surface area contributed by atoms with Gasteiger partial charge in [0.15, 0.2) is 0 Å². The van der Waals surface area contributed by atoms with Crippen LogP contribution in [0.25, 0.3) is 0 Å². The molecule has 4 N–H and O–H groups in total. The number of amides is 1. The SMILES string of the molecule is Nc1ccc(CC(=O)Nc2cccc(C(=O)O)c2)cc1. The number of carboxylic acid groups (broad SMARTS) is 1. The van der Waals surface area contributed by atoms with E-state index in [1.54, 1.807) is 36.4 Å². The molecule has 0 atom stereocenters. The van der Waals surface area contributed by atoms with Crippen LogP contribution in [0.2, 0.25) is 0 Å². The van der Waals surface area contributed by atoms with Crippen molar-refractivity contribution in [3.63, 3.8) is 0 Å². The second-order valence-corrected chi connectivity index (χ2v) is 4.35. The summed E-state index contributed by atoms with van der Waals surface area (Å²) in [6.07, 6.45) is 0.206.